The van der Waals surface area contributed by atoms with Crippen molar-refractivity contribution in [2.24, 2.45) is 0 Å². The Kier molecular flexibility index (Phi) is 4.43. The molecule has 1 aromatic heterocycles. The molecule has 0 fully saturated rings. The molecule has 1 N–H and O–H groups in total. The molecule has 21 heavy (non-hydrogen) atoms. The Balaban J connectivity index is 2.47. The van der Waals surface area contributed by atoms with E-state index in [1.54, 1.807) is 17.7 Å². The van der Waals surface area contributed by atoms with E-state index >= 15 is 0 Å². The fraction of sp³-hybridized carbons (Fsp3) is 0.267. The van der Waals surface area contributed by atoms with Crippen molar-refractivity contribution in [3.05, 3.63) is 56.5 Å². The second-order valence-corrected chi connectivity index (χ2v) is 5.24. The molecule has 2 aromatic rings. The van der Waals surface area contributed by atoms with Crippen molar-refractivity contribution in [3.63, 3.8) is 0 Å². The highest BCUT2D eigenvalue weighted by atomic mass is 35.5. The van der Waals surface area contributed by atoms with Gasteiger partial charge in [0, 0.05) is 23.2 Å². The third-order valence-electron chi connectivity index (χ3n) is 3.15. The Morgan fingerprint density at radius 2 is 2.05 bits per heavy atom. The summed E-state index contributed by atoms with van der Waals surface area (Å²) in [5, 5.41) is 13.6. The minimum absolute atomic E-state index is 0.105. The normalized spacial score (nSPS) is 10.6. The van der Waals surface area contributed by atoms with Crippen LogP contribution in [0.3, 0.4) is 0 Å². The van der Waals surface area contributed by atoms with Gasteiger partial charge in [-0.15, -0.1) is 0 Å². The number of rotatable bonds is 4. The Bertz CT molecular complexity index is 753. The maximum atomic E-state index is 11.9. The van der Waals surface area contributed by atoms with Crippen LogP contribution in [0.15, 0.2) is 29.1 Å². The van der Waals surface area contributed by atoms with Gasteiger partial charge in [-0.3, -0.25) is 9.59 Å². The molecule has 0 bridgehead atoms. The molecule has 0 atom stereocenters. The van der Waals surface area contributed by atoms with Crippen molar-refractivity contribution in [1.82, 2.24) is 9.78 Å². The second kappa shape index (κ2) is 6.10. The van der Waals surface area contributed by atoms with Gasteiger partial charge in [0.25, 0.3) is 0 Å². The molecule has 0 spiro atoms. The SMILES string of the molecule is Cc1ccc(-n2nc(CCC(=O)O)c(=O)cc2C)cc1Cl. The highest BCUT2D eigenvalue weighted by Gasteiger charge is 2.10. The summed E-state index contributed by atoms with van der Waals surface area (Å²) in [6.45, 7) is 3.67. The quantitative estimate of drug-likeness (QED) is 0.942. The number of aliphatic carboxylic acids is 1. The lowest BCUT2D eigenvalue weighted by atomic mass is 10.2. The molecular formula is C15H15ClN2O3. The van der Waals surface area contributed by atoms with Gasteiger partial charge in [0.05, 0.1) is 12.1 Å². The maximum absolute atomic E-state index is 11.9. The zero-order valence-corrected chi connectivity index (χ0v) is 12.5. The van der Waals surface area contributed by atoms with Crippen molar-refractivity contribution < 1.29 is 9.90 Å². The first-order chi connectivity index (χ1) is 9.88. The standard InChI is InChI=1S/C15H15ClN2O3/c1-9-3-4-11(8-12(9)16)18-10(2)7-14(19)13(17-18)5-6-15(20)21/h3-4,7-8H,5-6H2,1-2H3,(H,20,21). The molecule has 0 aliphatic rings. The number of carboxylic acid groups (broad SMARTS) is 1. The average molecular weight is 307 g/mol. The molecule has 5 nitrogen and oxygen atoms in total. The first-order valence-electron chi connectivity index (χ1n) is 6.46. The lowest BCUT2D eigenvalue weighted by Gasteiger charge is -2.12. The van der Waals surface area contributed by atoms with Crippen molar-refractivity contribution in [3.8, 4) is 5.69 Å². The van der Waals surface area contributed by atoms with Crippen LogP contribution in [0.5, 0.6) is 0 Å². The number of benzene rings is 1. The van der Waals surface area contributed by atoms with Gasteiger partial charge in [-0.2, -0.15) is 5.10 Å². The lowest BCUT2D eigenvalue weighted by Crippen LogP contribution is -2.19. The van der Waals surface area contributed by atoms with E-state index in [1.165, 1.54) is 6.07 Å². The largest absolute Gasteiger partial charge is 0.481 e. The minimum Gasteiger partial charge on any atom is -0.481 e. The summed E-state index contributed by atoms with van der Waals surface area (Å²) in [5.74, 6) is -0.957. The van der Waals surface area contributed by atoms with Gasteiger partial charge >= 0.3 is 5.97 Å². The molecule has 110 valence electrons. The number of halogens is 1. The molecule has 0 aliphatic heterocycles. The molecule has 2 rings (SSSR count). The summed E-state index contributed by atoms with van der Waals surface area (Å²) in [4.78, 5) is 22.5. The van der Waals surface area contributed by atoms with Gasteiger partial charge in [0.15, 0.2) is 0 Å². The summed E-state index contributed by atoms with van der Waals surface area (Å²) >= 11 is 6.11. The molecule has 0 unspecified atom stereocenters. The summed E-state index contributed by atoms with van der Waals surface area (Å²) < 4.78 is 1.60. The Morgan fingerprint density at radius 3 is 2.67 bits per heavy atom. The monoisotopic (exact) mass is 306 g/mol. The molecular weight excluding hydrogens is 292 g/mol. The van der Waals surface area contributed by atoms with Crippen molar-refractivity contribution in [2.75, 3.05) is 0 Å². The number of nitrogens with zero attached hydrogens (tertiary/aromatic N) is 2. The minimum atomic E-state index is -0.957. The topological polar surface area (TPSA) is 72.2 Å². The molecule has 0 saturated carbocycles. The fourth-order valence-corrected chi connectivity index (χ4v) is 2.13. The van der Waals surface area contributed by atoms with E-state index in [9.17, 15) is 9.59 Å². The van der Waals surface area contributed by atoms with E-state index in [0.29, 0.717) is 10.7 Å². The van der Waals surface area contributed by atoms with Crippen LogP contribution in [-0.4, -0.2) is 20.9 Å². The smallest absolute Gasteiger partial charge is 0.303 e. The number of carboxylic acids is 1. The zero-order valence-electron chi connectivity index (χ0n) is 11.8. The molecule has 0 amide bonds. The lowest BCUT2D eigenvalue weighted by molar-refractivity contribution is -0.136. The van der Waals surface area contributed by atoms with Crippen molar-refractivity contribution in [2.45, 2.75) is 26.7 Å². The van der Waals surface area contributed by atoms with Gasteiger partial charge in [-0.25, -0.2) is 4.68 Å². The molecule has 0 radical (unpaired) electrons. The summed E-state index contributed by atoms with van der Waals surface area (Å²) in [6, 6.07) is 6.95. The van der Waals surface area contributed by atoms with Crippen LogP contribution in [0.1, 0.15) is 23.4 Å². The molecule has 0 saturated heterocycles. The molecule has 1 aromatic carbocycles. The zero-order chi connectivity index (χ0) is 15.6. The number of aryl methyl sites for hydroxylation is 3. The van der Waals surface area contributed by atoms with Crippen LogP contribution in [0, 0.1) is 13.8 Å². The van der Waals surface area contributed by atoms with Crippen LogP contribution in [0.2, 0.25) is 5.02 Å². The van der Waals surface area contributed by atoms with E-state index in [0.717, 1.165) is 11.3 Å². The van der Waals surface area contributed by atoms with E-state index in [2.05, 4.69) is 5.10 Å². The van der Waals surface area contributed by atoms with Gasteiger partial charge in [0.2, 0.25) is 5.43 Å². The predicted molar refractivity (Wildman–Crippen MR) is 80.3 cm³/mol. The molecule has 6 heteroatoms. The number of hydrogen-bond acceptors (Lipinski definition) is 3. The van der Waals surface area contributed by atoms with Crippen molar-refractivity contribution >= 4 is 17.6 Å². The highest BCUT2D eigenvalue weighted by Crippen LogP contribution is 2.19. The van der Waals surface area contributed by atoms with Gasteiger partial charge in [0.1, 0.15) is 5.69 Å². The van der Waals surface area contributed by atoms with E-state index in [4.69, 9.17) is 16.7 Å². The first kappa shape index (κ1) is 15.3. The van der Waals surface area contributed by atoms with Crippen LogP contribution in [0.4, 0.5) is 0 Å². The van der Waals surface area contributed by atoms with Gasteiger partial charge < -0.3 is 5.11 Å². The van der Waals surface area contributed by atoms with E-state index in [-0.39, 0.29) is 24.0 Å². The fourth-order valence-electron chi connectivity index (χ4n) is 1.96. The van der Waals surface area contributed by atoms with Gasteiger partial charge in [-0.1, -0.05) is 17.7 Å². The Hall–Kier alpha value is -2.14. The highest BCUT2D eigenvalue weighted by molar-refractivity contribution is 6.31. The third kappa shape index (κ3) is 3.49. The summed E-state index contributed by atoms with van der Waals surface area (Å²) in [7, 11) is 0. The van der Waals surface area contributed by atoms with E-state index in [1.807, 2.05) is 19.1 Å². The second-order valence-electron chi connectivity index (χ2n) is 4.84. The third-order valence-corrected chi connectivity index (χ3v) is 3.56. The summed E-state index contributed by atoms with van der Waals surface area (Å²) in [6.07, 6.45) is -0.0198. The van der Waals surface area contributed by atoms with Crippen LogP contribution >= 0.6 is 11.6 Å². The van der Waals surface area contributed by atoms with Crippen LogP contribution in [-0.2, 0) is 11.2 Å². The van der Waals surface area contributed by atoms with Gasteiger partial charge in [-0.05, 0) is 31.5 Å². The Labute approximate surface area is 126 Å². The van der Waals surface area contributed by atoms with Crippen LogP contribution in [0.25, 0.3) is 5.69 Å². The first-order valence-corrected chi connectivity index (χ1v) is 6.84. The number of carbonyl (C=O) groups is 1. The van der Waals surface area contributed by atoms with Crippen LogP contribution < -0.4 is 5.43 Å². The number of hydrogen-bond donors (Lipinski definition) is 1. The predicted octanol–water partition coefficient (Wildman–Crippen LogP) is 2.52. The summed E-state index contributed by atoms with van der Waals surface area (Å²) in [5.41, 5.74) is 2.34. The maximum Gasteiger partial charge on any atom is 0.303 e. The molecule has 0 aliphatic carbocycles. The van der Waals surface area contributed by atoms with Crippen molar-refractivity contribution in [1.29, 1.82) is 0 Å². The molecule has 1 heterocycles. The van der Waals surface area contributed by atoms with E-state index < -0.39 is 5.97 Å². The number of aromatic nitrogens is 2. The average Bonchev–Trinajstić information content (AvgIpc) is 2.41. The Morgan fingerprint density at radius 1 is 1.33 bits per heavy atom.